The van der Waals surface area contributed by atoms with Gasteiger partial charge in [0, 0.05) is 11.1 Å². The van der Waals surface area contributed by atoms with E-state index in [-0.39, 0.29) is 5.91 Å². The Morgan fingerprint density at radius 2 is 1.96 bits per heavy atom. The van der Waals surface area contributed by atoms with E-state index in [0.29, 0.717) is 10.8 Å². The second-order valence-electron chi connectivity index (χ2n) is 5.19. The number of methoxy groups -OCH3 is 1. The van der Waals surface area contributed by atoms with E-state index in [0.717, 1.165) is 22.7 Å². The van der Waals surface area contributed by atoms with Crippen molar-refractivity contribution in [1.82, 2.24) is 4.98 Å². The smallest absolute Gasteiger partial charge is 0.275 e. The number of anilines is 3. The summed E-state index contributed by atoms with van der Waals surface area (Å²) in [5.74, 6) is 0.493. The summed E-state index contributed by atoms with van der Waals surface area (Å²) in [6, 6.07) is 15.2. The topological polar surface area (TPSA) is 63.2 Å². The highest BCUT2D eigenvalue weighted by atomic mass is 32.1. The van der Waals surface area contributed by atoms with Crippen LogP contribution in [0.2, 0.25) is 0 Å². The van der Waals surface area contributed by atoms with Gasteiger partial charge in [0.15, 0.2) is 5.13 Å². The highest BCUT2D eigenvalue weighted by Crippen LogP contribution is 2.30. The summed E-state index contributed by atoms with van der Waals surface area (Å²) < 4.78 is 5.34. The van der Waals surface area contributed by atoms with Crippen LogP contribution in [0.3, 0.4) is 0 Å². The first-order valence-corrected chi connectivity index (χ1v) is 8.27. The molecule has 1 aromatic heterocycles. The van der Waals surface area contributed by atoms with Crippen molar-refractivity contribution >= 4 is 33.8 Å². The first-order chi connectivity index (χ1) is 11.7. The largest absolute Gasteiger partial charge is 0.495 e. The first-order valence-electron chi connectivity index (χ1n) is 7.39. The number of carbonyl (C=O) groups is 1. The monoisotopic (exact) mass is 339 g/mol. The Balaban J connectivity index is 1.74. The molecule has 122 valence electrons. The average molecular weight is 339 g/mol. The molecule has 3 aromatic rings. The average Bonchev–Trinajstić information content (AvgIpc) is 3.05. The number of nitrogens with one attached hydrogen (secondary N) is 2. The normalized spacial score (nSPS) is 10.2. The molecular weight excluding hydrogens is 322 g/mol. The molecule has 5 nitrogen and oxygen atoms in total. The van der Waals surface area contributed by atoms with Gasteiger partial charge in [0.05, 0.1) is 12.8 Å². The number of ether oxygens (including phenoxy) is 1. The van der Waals surface area contributed by atoms with Crippen LogP contribution >= 0.6 is 11.3 Å². The maximum atomic E-state index is 12.2. The second kappa shape index (κ2) is 7.14. The molecule has 0 aliphatic heterocycles. The lowest BCUT2D eigenvalue weighted by atomic mass is 10.2. The molecule has 0 atom stereocenters. The molecule has 0 spiro atoms. The molecule has 2 aromatic carbocycles. The van der Waals surface area contributed by atoms with Crippen molar-refractivity contribution in [3.8, 4) is 5.75 Å². The summed E-state index contributed by atoms with van der Waals surface area (Å²) in [7, 11) is 1.62. The molecule has 0 radical (unpaired) electrons. The number of thiazole rings is 1. The number of amides is 1. The van der Waals surface area contributed by atoms with Gasteiger partial charge in [-0.1, -0.05) is 24.3 Å². The fourth-order valence-electron chi connectivity index (χ4n) is 2.19. The zero-order valence-electron chi connectivity index (χ0n) is 13.4. The summed E-state index contributed by atoms with van der Waals surface area (Å²) >= 11 is 1.37. The molecule has 1 heterocycles. The fourth-order valence-corrected chi connectivity index (χ4v) is 2.89. The third kappa shape index (κ3) is 3.72. The summed E-state index contributed by atoms with van der Waals surface area (Å²) in [5.41, 5.74) is 3.04. The Kier molecular flexibility index (Phi) is 4.77. The van der Waals surface area contributed by atoms with Crippen molar-refractivity contribution in [3.63, 3.8) is 0 Å². The first kappa shape index (κ1) is 16.0. The Morgan fingerprint density at radius 1 is 1.17 bits per heavy atom. The molecule has 1 amide bonds. The van der Waals surface area contributed by atoms with E-state index in [1.807, 2.05) is 55.5 Å². The second-order valence-corrected chi connectivity index (χ2v) is 6.04. The van der Waals surface area contributed by atoms with Gasteiger partial charge in [-0.2, -0.15) is 0 Å². The SMILES string of the molecule is COc1ccc(C)cc1Nc1nc(C(=O)Nc2ccccc2)cs1. The molecule has 0 unspecified atom stereocenters. The number of hydrogen-bond acceptors (Lipinski definition) is 5. The summed E-state index contributed by atoms with van der Waals surface area (Å²) in [6.45, 7) is 2.01. The van der Waals surface area contributed by atoms with E-state index in [2.05, 4.69) is 15.6 Å². The minimum Gasteiger partial charge on any atom is -0.495 e. The van der Waals surface area contributed by atoms with Crippen LogP contribution in [-0.2, 0) is 0 Å². The molecule has 6 heteroatoms. The van der Waals surface area contributed by atoms with E-state index in [4.69, 9.17) is 4.74 Å². The van der Waals surface area contributed by atoms with Gasteiger partial charge in [-0.25, -0.2) is 4.98 Å². The maximum Gasteiger partial charge on any atom is 0.275 e. The number of para-hydroxylation sites is 1. The van der Waals surface area contributed by atoms with Gasteiger partial charge in [0.1, 0.15) is 11.4 Å². The highest BCUT2D eigenvalue weighted by Gasteiger charge is 2.12. The maximum absolute atomic E-state index is 12.2. The molecule has 0 fully saturated rings. The van der Waals surface area contributed by atoms with Crippen LogP contribution in [0.1, 0.15) is 16.1 Å². The van der Waals surface area contributed by atoms with Crippen molar-refractivity contribution < 1.29 is 9.53 Å². The van der Waals surface area contributed by atoms with E-state index in [1.54, 1.807) is 12.5 Å². The Morgan fingerprint density at radius 3 is 2.71 bits per heavy atom. The van der Waals surface area contributed by atoms with Gasteiger partial charge < -0.3 is 15.4 Å². The van der Waals surface area contributed by atoms with Gasteiger partial charge in [0.25, 0.3) is 5.91 Å². The molecular formula is C18H17N3O2S. The predicted molar refractivity (Wildman–Crippen MR) is 97.5 cm³/mol. The zero-order chi connectivity index (χ0) is 16.9. The Hall–Kier alpha value is -2.86. The summed E-state index contributed by atoms with van der Waals surface area (Å²) in [5, 5.41) is 8.39. The summed E-state index contributed by atoms with van der Waals surface area (Å²) in [4.78, 5) is 16.6. The van der Waals surface area contributed by atoms with Gasteiger partial charge in [-0.15, -0.1) is 11.3 Å². The Labute approximate surface area is 144 Å². The van der Waals surface area contributed by atoms with Gasteiger partial charge >= 0.3 is 0 Å². The van der Waals surface area contributed by atoms with E-state index < -0.39 is 0 Å². The number of hydrogen-bond donors (Lipinski definition) is 2. The molecule has 0 saturated heterocycles. The molecule has 0 saturated carbocycles. The number of aryl methyl sites for hydroxylation is 1. The minimum atomic E-state index is -0.235. The molecule has 0 aliphatic carbocycles. The van der Waals surface area contributed by atoms with Crippen LogP contribution in [0, 0.1) is 6.92 Å². The van der Waals surface area contributed by atoms with E-state index in [1.165, 1.54) is 11.3 Å². The molecule has 2 N–H and O–H groups in total. The number of rotatable bonds is 5. The number of carbonyl (C=O) groups excluding carboxylic acids is 1. The summed E-state index contributed by atoms with van der Waals surface area (Å²) in [6.07, 6.45) is 0. The van der Waals surface area contributed by atoms with Gasteiger partial charge in [-0.3, -0.25) is 4.79 Å². The van der Waals surface area contributed by atoms with E-state index >= 15 is 0 Å². The van der Waals surface area contributed by atoms with Gasteiger partial charge in [-0.05, 0) is 36.8 Å². The standard InChI is InChI=1S/C18H17N3O2S/c1-12-8-9-16(23-2)14(10-12)20-18-21-15(11-24-18)17(22)19-13-6-4-3-5-7-13/h3-11H,1-2H3,(H,19,22)(H,20,21). The molecule has 0 bridgehead atoms. The van der Waals surface area contributed by atoms with Crippen LogP contribution in [0.25, 0.3) is 0 Å². The number of aromatic nitrogens is 1. The minimum absolute atomic E-state index is 0.235. The quantitative estimate of drug-likeness (QED) is 0.720. The molecule has 3 rings (SSSR count). The predicted octanol–water partition coefficient (Wildman–Crippen LogP) is 4.46. The van der Waals surface area contributed by atoms with Crippen molar-refractivity contribution in [3.05, 3.63) is 65.2 Å². The van der Waals surface area contributed by atoms with Crippen LogP contribution < -0.4 is 15.4 Å². The van der Waals surface area contributed by atoms with Crippen molar-refractivity contribution in [1.29, 1.82) is 0 Å². The lowest BCUT2D eigenvalue weighted by molar-refractivity contribution is 0.102. The van der Waals surface area contributed by atoms with Crippen molar-refractivity contribution in [2.24, 2.45) is 0 Å². The van der Waals surface area contributed by atoms with Crippen LogP contribution in [0.5, 0.6) is 5.75 Å². The lowest BCUT2D eigenvalue weighted by Crippen LogP contribution is -2.12. The van der Waals surface area contributed by atoms with Crippen molar-refractivity contribution in [2.45, 2.75) is 6.92 Å². The third-order valence-electron chi connectivity index (χ3n) is 3.37. The van der Waals surface area contributed by atoms with Gasteiger partial charge in [0.2, 0.25) is 0 Å². The fraction of sp³-hybridized carbons (Fsp3) is 0.111. The number of nitrogens with zero attached hydrogens (tertiary/aromatic N) is 1. The molecule has 0 aliphatic rings. The van der Waals surface area contributed by atoms with Crippen LogP contribution in [-0.4, -0.2) is 18.0 Å². The Bertz CT molecular complexity index is 846. The van der Waals surface area contributed by atoms with Crippen LogP contribution in [0.15, 0.2) is 53.9 Å². The lowest BCUT2D eigenvalue weighted by Gasteiger charge is -2.09. The van der Waals surface area contributed by atoms with Crippen molar-refractivity contribution in [2.75, 3.05) is 17.7 Å². The van der Waals surface area contributed by atoms with Crippen LogP contribution in [0.4, 0.5) is 16.5 Å². The third-order valence-corrected chi connectivity index (χ3v) is 4.12. The molecule has 24 heavy (non-hydrogen) atoms. The number of benzene rings is 2. The highest BCUT2D eigenvalue weighted by molar-refractivity contribution is 7.14. The zero-order valence-corrected chi connectivity index (χ0v) is 14.2. The van der Waals surface area contributed by atoms with E-state index in [9.17, 15) is 4.79 Å².